The highest BCUT2D eigenvalue weighted by Gasteiger charge is 2.38. The van der Waals surface area contributed by atoms with Gasteiger partial charge in [-0.25, -0.2) is 0 Å². The molecule has 0 N–H and O–H groups in total. The van der Waals surface area contributed by atoms with Crippen molar-refractivity contribution in [2.45, 2.75) is 38.5 Å². The van der Waals surface area contributed by atoms with E-state index in [2.05, 4.69) is 209 Å². The lowest BCUT2D eigenvalue weighted by Gasteiger charge is -2.30. The molecule has 0 aliphatic heterocycles. The molecule has 1 nitrogen and oxygen atoms in total. The second-order valence-electron chi connectivity index (χ2n) is 15.7. The van der Waals surface area contributed by atoms with Gasteiger partial charge < -0.3 is 4.90 Å². The molecule has 10 rings (SSSR count). The monoisotopic (exact) mass is 679 g/mol. The number of nitrogens with zero attached hydrogens (tertiary/aromatic N) is 1. The van der Waals surface area contributed by atoms with Gasteiger partial charge in [-0.2, -0.15) is 0 Å². The maximum Gasteiger partial charge on any atom is 0.0540 e. The molecule has 0 unspecified atom stereocenters. The van der Waals surface area contributed by atoms with E-state index in [0.717, 1.165) is 17.1 Å². The van der Waals surface area contributed by atoms with Gasteiger partial charge in [-0.05, 0) is 102 Å². The van der Waals surface area contributed by atoms with E-state index in [1.165, 1.54) is 77.5 Å². The molecular formula is C52H41N. The first kappa shape index (κ1) is 31.5. The van der Waals surface area contributed by atoms with Crippen LogP contribution in [-0.4, -0.2) is 0 Å². The molecule has 0 aromatic heterocycles. The van der Waals surface area contributed by atoms with E-state index in [-0.39, 0.29) is 10.8 Å². The highest BCUT2D eigenvalue weighted by atomic mass is 15.1. The second kappa shape index (κ2) is 11.7. The topological polar surface area (TPSA) is 3.24 Å². The van der Waals surface area contributed by atoms with Gasteiger partial charge in [0, 0.05) is 27.8 Å². The summed E-state index contributed by atoms with van der Waals surface area (Å²) in [6.45, 7) is 9.46. The number of benzene rings is 8. The van der Waals surface area contributed by atoms with Crippen molar-refractivity contribution in [2.24, 2.45) is 0 Å². The standard InChI is InChI=1S/C52H41N/c1-51(2)46-24-11-8-20-44(46)50-43(22-14-25-47(50)51)42-19-9-12-26-49(42)53(37-31-32-41-40-18-7-10-23-45(40)52(3,4)48(41)33-37)36-29-27-35(28-30-36)39-21-13-16-34-15-5-6-17-38(34)39/h5-33H,1-4H3. The first-order valence-corrected chi connectivity index (χ1v) is 18.8. The molecule has 0 saturated carbocycles. The van der Waals surface area contributed by atoms with Gasteiger partial charge in [0.05, 0.1) is 5.69 Å². The van der Waals surface area contributed by atoms with Crippen molar-refractivity contribution in [3.05, 3.63) is 198 Å². The van der Waals surface area contributed by atoms with Crippen molar-refractivity contribution in [3.63, 3.8) is 0 Å². The lowest BCUT2D eigenvalue weighted by Crippen LogP contribution is -2.17. The average Bonchev–Trinajstić information content (AvgIpc) is 3.58. The highest BCUT2D eigenvalue weighted by Crippen LogP contribution is 2.55. The van der Waals surface area contributed by atoms with E-state index < -0.39 is 0 Å². The zero-order valence-electron chi connectivity index (χ0n) is 30.7. The minimum absolute atomic E-state index is 0.0748. The molecule has 2 aliphatic carbocycles. The molecule has 8 aromatic carbocycles. The van der Waals surface area contributed by atoms with E-state index in [1.54, 1.807) is 0 Å². The fraction of sp³-hybridized carbons (Fsp3) is 0.115. The van der Waals surface area contributed by atoms with Gasteiger partial charge in [0.15, 0.2) is 0 Å². The third kappa shape index (κ3) is 4.70. The van der Waals surface area contributed by atoms with Crippen LogP contribution in [0.1, 0.15) is 49.9 Å². The number of hydrogen-bond donors (Lipinski definition) is 0. The van der Waals surface area contributed by atoms with Crippen LogP contribution in [-0.2, 0) is 10.8 Å². The van der Waals surface area contributed by atoms with Gasteiger partial charge in [-0.3, -0.25) is 0 Å². The summed E-state index contributed by atoms with van der Waals surface area (Å²) in [5.41, 5.74) is 19.1. The molecule has 0 bridgehead atoms. The number of hydrogen-bond acceptors (Lipinski definition) is 1. The van der Waals surface area contributed by atoms with Gasteiger partial charge in [-0.1, -0.05) is 173 Å². The predicted octanol–water partition coefficient (Wildman–Crippen LogP) is 14.3. The maximum absolute atomic E-state index is 2.48. The van der Waals surface area contributed by atoms with Crippen LogP contribution in [0, 0.1) is 0 Å². The second-order valence-corrected chi connectivity index (χ2v) is 15.7. The van der Waals surface area contributed by atoms with Gasteiger partial charge in [0.2, 0.25) is 0 Å². The molecule has 8 aromatic rings. The number of para-hydroxylation sites is 1. The number of anilines is 3. The van der Waals surface area contributed by atoms with Gasteiger partial charge in [-0.15, -0.1) is 0 Å². The molecule has 2 aliphatic rings. The summed E-state index contributed by atoms with van der Waals surface area (Å²) in [6.07, 6.45) is 0. The average molecular weight is 680 g/mol. The van der Waals surface area contributed by atoms with Crippen LogP contribution < -0.4 is 4.90 Å². The summed E-state index contributed by atoms with van der Waals surface area (Å²) < 4.78 is 0. The first-order chi connectivity index (χ1) is 25.8. The lowest BCUT2D eigenvalue weighted by molar-refractivity contribution is 0.660. The minimum Gasteiger partial charge on any atom is -0.310 e. The van der Waals surface area contributed by atoms with Crippen LogP contribution in [0.3, 0.4) is 0 Å². The Morgan fingerprint density at radius 3 is 1.70 bits per heavy atom. The highest BCUT2D eigenvalue weighted by molar-refractivity contribution is 6.00. The quantitative estimate of drug-likeness (QED) is 0.175. The Kier molecular flexibility index (Phi) is 6.94. The Balaban J connectivity index is 1.18. The molecule has 0 amide bonds. The Bertz CT molecular complexity index is 2720. The largest absolute Gasteiger partial charge is 0.310 e. The summed E-state index contributed by atoms with van der Waals surface area (Å²) >= 11 is 0. The van der Waals surface area contributed by atoms with Crippen LogP contribution >= 0.6 is 0 Å². The van der Waals surface area contributed by atoms with E-state index in [9.17, 15) is 0 Å². The zero-order valence-corrected chi connectivity index (χ0v) is 30.7. The van der Waals surface area contributed by atoms with Gasteiger partial charge >= 0.3 is 0 Å². The minimum atomic E-state index is -0.110. The normalized spacial score (nSPS) is 14.3. The van der Waals surface area contributed by atoms with Crippen molar-refractivity contribution >= 4 is 27.8 Å². The fourth-order valence-electron chi connectivity index (χ4n) is 9.40. The van der Waals surface area contributed by atoms with Gasteiger partial charge in [0.25, 0.3) is 0 Å². The Hall–Kier alpha value is -6.18. The number of rotatable bonds is 5. The third-order valence-corrected chi connectivity index (χ3v) is 12.1. The lowest BCUT2D eigenvalue weighted by atomic mass is 9.82. The summed E-state index contributed by atoms with van der Waals surface area (Å²) in [5, 5.41) is 2.53. The zero-order chi connectivity index (χ0) is 35.9. The summed E-state index contributed by atoms with van der Waals surface area (Å²) in [4.78, 5) is 2.48. The molecule has 0 saturated heterocycles. The summed E-state index contributed by atoms with van der Waals surface area (Å²) in [6, 6.07) is 65.3. The fourth-order valence-corrected chi connectivity index (χ4v) is 9.40. The van der Waals surface area contributed by atoms with Crippen molar-refractivity contribution < 1.29 is 0 Å². The van der Waals surface area contributed by atoms with Crippen molar-refractivity contribution in [1.29, 1.82) is 0 Å². The Labute approximate surface area is 312 Å². The van der Waals surface area contributed by atoms with Crippen LogP contribution in [0.4, 0.5) is 17.1 Å². The molecule has 0 fully saturated rings. The Morgan fingerprint density at radius 1 is 0.358 bits per heavy atom. The SMILES string of the molecule is CC1(C)c2ccccc2-c2ccc(N(c3ccc(-c4cccc5ccccc45)cc3)c3ccccc3-c3cccc4c3-c3ccccc3C4(C)C)cc21. The molecule has 0 spiro atoms. The first-order valence-electron chi connectivity index (χ1n) is 18.8. The van der Waals surface area contributed by atoms with E-state index in [4.69, 9.17) is 0 Å². The third-order valence-electron chi connectivity index (χ3n) is 12.1. The smallest absolute Gasteiger partial charge is 0.0540 e. The molecule has 1 heteroatoms. The summed E-state index contributed by atoms with van der Waals surface area (Å²) in [7, 11) is 0. The predicted molar refractivity (Wildman–Crippen MR) is 225 cm³/mol. The van der Waals surface area contributed by atoms with E-state index in [1.807, 2.05) is 0 Å². The van der Waals surface area contributed by atoms with Crippen molar-refractivity contribution in [2.75, 3.05) is 4.90 Å². The van der Waals surface area contributed by atoms with Crippen molar-refractivity contribution in [3.8, 4) is 44.5 Å². The van der Waals surface area contributed by atoms with Crippen LogP contribution in [0.2, 0.25) is 0 Å². The van der Waals surface area contributed by atoms with E-state index in [0.29, 0.717) is 0 Å². The van der Waals surface area contributed by atoms with E-state index >= 15 is 0 Å². The van der Waals surface area contributed by atoms with Crippen LogP contribution in [0.15, 0.2) is 176 Å². The molecular weight excluding hydrogens is 639 g/mol. The van der Waals surface area contributed by atoms with Gasteiger partial charge in [0.1, 0.15) is 0 Å². The van der Waals surface area contributed by atoms with Crippen LogP contribution in [0.25, 0.3) is 55.3 Å². The van der Waals surface area contributed by atoms with Crippen molar-refractivity contribution in [1.82, 2.24) is 0 Å². The van der Waals surface area contributed by atoms with Crippen LogP contribution in [0.5, 0.6) is 0 Å². The summed E-state index contributed by atoms with van der Waals surface area (Å²) in [5.74, 6) is 0. The number of fused-ring (bicyclic) bond motifs is 7. The molecule has 0 radical (unpaired) electrons. The molecule has 0 atom stereocenters. The molecule has 0 heterocycles. The molecule has 53 heavy (non-hydrogen) atoms. The molecule has 254 valence electrons. The Morgan fingerprint density at radius 2 is 0.887 bits per heavy atom. The maximum atomic E-state index is 2.48.